The molecule has 1 aromatic carbocycles. The molecule has 0 bridgehead atoms. The van der Waals surface area contributed by atoms with Crippen LogP contribution in [0.4, 0.5) is 0 Å². The van der Waals surface area contributed by atoms with E-state index in [1.54, 1.807) is 0 Å². The molecule has 1 aliphatic carbocycles. The minimum absolute atomic E-state index is 0.151. The molecular weight excluding hydrogens is 282 g/mol. The number of aromatic nitrogens is 2. The number of rotatable bonds is 6. The highest BCUT2D eigenvalue weighted by Gasteiger charge is 2.48. The summed E-state index contributed by atoms with van der Waals surface area (Å²) < 4.78 is 9.97. The average molecular weight is 303 g/mol. The van der Waals surface area contributed by atoms with E-state index in [1.807, 2.05) is 11.4 Å². The molecule has 0 aliphatic heterocycles. The van der Waals surface area contributed by atoms with Crippen molar-refractivity contribution in [3.63, 3.8) is 0 Å². The Morgan fingerprint density at radius 2 is 2.14 bits per heavy atom. The van der Waals surface area contributed by atoms with E-state index in [-0.39, 0.29) is 5.41 Å². The average Bonchev–Trinajstić information content (AvgIpc) is 3.00. The highest BCUT2D eigenvalue weighted by atomic mass is 32.1. The standard InChI is InChI=1S/C16H21N3OS/c1-16(2)14(17-9-13-11-21-19-18-13)8-15(16)20-10-12-6-4-3-5-7-12/h3-7,11,14-15,17H,8-10H2,1-2H3. The first-order valence-corrected chi connectivity index (χ1v) is 8.15. The van der Waals surface area contributed by atoms with Crippen LogP contribution in [0.1, 0.15) is 31.5 Å². The largest absolute Gasteiger partial charge is 0.373 e. The third-order valence-corrected chi connectivity index (χ3v) is 4.96. The van der Waals surface area contributed by atoms with Gasteiger partial charge in [0.25, 0.3) is 0 Å². The van der Waals surface area contributed by atoms with Gasteiger partial charge in [-0.3, -0.25) is 0 Å². The van der Waals surface area contributed by atoms with Crippen molar-refractivity contribution in [3.05, 3.63) is 47.0 Å². The summed E-state index contributed by atoms with van der Waals surface area (Å²) >= 11 is 1.40. The van der Waals surface area contributed by atoms with Gasteiger partial charge >= 0.3 is 0 Å². The molecule has 0 radical (unpaired) electrons. The Hall–Kier alpha value is -1.30. The Bertz CT molecular complexity index is 556. The fourth-order valence-corrected chi connectivity index (χ4v) is 3.23. The van der Waals surface area contributed by atoms with Crippen molar-refractivity contribution in [1.82, 2.24) is 14.9 Å². The van der Waals surface area contributed by atoms with Crippen molar-refractivity contribution >= 4 is 11.5 Å². The van der Waals surface area contributed by atoms with E-state index in [2.05, 4.69) is 53.0 Å². The summed E-state index contributed by atoms with van der Waals surface area (Å²) in [7, 11) is 0. The van der Waals surface area contributed by atoms with Gasteiger partial charge in [-0.2, -0.15) is 0 Å². The van der Waals surface area contributed by atoms with Crippen LogP contribution < -0.4 is 5.32 Å². The lowest BCUT2D eigenvalue weighted by Gasteiger charge is -2.52. The molecule has 0 saturated heterocycles. The summed E-state index contributed by atoms with van der Waals surface area (Å²) in [5.41, 5.74) is 2.40. The summed E-state index contributed by atoms with van der Waals surface area (Å²) in [5.74, 6) is 0. The SMILES string of the molecule is CC1(C)C(NCc2csnn2)CC1OCc1ccccc1. The molecule has 1 aliphatic rings. The maximum absolute atomic E-state index is 6.08. The van der Waals surface area contributed by atoms with Crippen molar-refractivity contribution in [1.29, 1.82) is 0 Å². The molecule has 0 spiro atoms. The molecule has 1 fully saturated rings. The minimum atomic E-state index is 0.151. The first-order chi connectivity index (χ1) is 10.2. The monoisotopic (exact) mass is 303 g/mol. The number of hydrogen-bond acceptors (Lipinski definition) is 5. The molecule has 1 N–H and O–H groups in total. The van der Waals surface area contributed by atoms with Crippen molar-refractivity contribution in [2.75, 3.05) is 0 Å². The van der Waals surface area contributed by atoms with E-state index in [0.29, 0.717) is 18.8 Å². The summed E-state index contributed by atoms with van der Waals surface area (Å²) in [6.45, 7) is 6.01. The lowest BCUT2D eigenvalue weighted by molar-refractivity contribution is -0.125. The van der Waals surface area contributed by atoms with Gasteiger partial charge in [-0.15, -0.1) is 5.10 Å². The lowest BCUT2D eigenvalue weighted by Crippen LogP contribution is -2.60. The summed E-state index contributed by atoms with van der Waals surface area (Å²) in [4.78, 5) is 0. The van der Waals surface area contributed by atoms with Crippen LogP contribution >= 0.6 is 11.5 Å². The van der Waals surface area contributed by atoms with Crippen molar-refractivity contribution < 1.29 is 4.74 Å². The molecule has 0 amide bonds. The van der Waals surface area contributed by atoms with E-state index >= 15 is 0 Å². The molecule has 1 saturated carbocycles. The zero-order chi connectivity index (χ0) is 14.7. The smallest absolute Gasteiger partial charge is 0.0893 e. The first-order valence-electron chi connectivity index (χ1n) is 7.31. The summed E-state index contributed by atoms with van der Waals surface area (Å²) in [6, 6.07) is 10.8. The van der Waals surface area contributed by atoms with Gasteiger partial charge < -0.3 is 10.1 Å². The fraction of sp³-hybridized carbons (Fsp3) is 0.500. The highest BCUT2D eigenvalue weighted by Crippen LogP contribution is 2.43. The van der Waals surface area contributed by atoms with E-state index in [1.165, 1.54) is 17.1 Å². The quantitative estimate of drug-likeness (QED) is 0.891. The van der Waals surface area contributed by atoms with E-state index < -0.39 is 0 Å². The predicted octanol–water partition coefficient (Wildman–Crippen LogP) is 3.01. The van der Waals surface area contributed by atoms with Crippen LogP contribution in [0.2, 0.25) is 0 Å². The predicted molar refractivity (Wildman–Crippen MR) is 84.0 cm³/mol. The number of nitrogens with one attached hydrogen (secondary N) is 1. The molecule has 5 heteroatoms. The second-order valence-corrected chi connectivity index (χ2v) is 6.78. The molecule has 2 atom stereocenters. The first kappa shape index (κ1) is 14.6. The van der Waals surface area contributed by atoms with Crippen LogP contribution in [0.25, 0.3) is 0 Å². The molecule has 21 heavy (non-hydrogen) atoms. The third-order valence-electron chi connectivity index (χ3n) is 4.41. The molecule has 1 aromatic heterocycles. The number of benzene rings is 1. The van der Waals surface area contributed by atoms with Gasteiger partial charge in [-0.05, 0) is 23.5 Å². The molecule has 2 unspecified atom stereocenters. The number of hydrogen-bond donors (Lipinski definition) is 1. The highest BCUT2D eigenvalue weighted by molar-refractivity contribution is 7.03. The molecule has 4 nitrogen and oxygen atoms in total. The lowest BCUT2D eigenvalue weighted by atomic mass is 9.64. The molecule has 2 aromatic rings. The van der Waals surface area contributed by atoms with Crippen LogP contribution in [-0.4, -0.2) is 21.7 Å². The van der Waals surface area contributed by atoms with Gasteiger partial charge in [0.1, 0.15) is 0 Å². The molecule has 112 valence electrons. The Kier molecular flexibility index (Phi) is 4.33. The van der Waals surface area contributed by atoms with E-state index in [4.69, 9.17) is 4.74 Å². The Balaban J connectivity index is 1.47. The maximum atomic E-state index is 6.08. The van der Waals surface area contributed by atoms with Crippen molar-refractivity contribution in [2.45, 2.75) is 45.6 Å². The van der Waals surface area contributed by atoms with Gasteiger partial charge in [-0.25, -0.2) is 0 Å². The zero-order valence-corrected chi connectivity index (χ0v) is 13.3. The van der Waals surface area contributed by atoms with Crippen LogP contribution in [0.15, 0.2) is 35.7 Å². The minimum Gasteiger partial charge on any atom is -0.373 e. The molecule has 1 heterocycles. The topological polar surface area (TPSA) is 47.0 Å². The van der Waals surface area contributed by atoms with Gasteiger partial charge in [0.2, 0.25) is 0 Å². The summed E-state index contributed by atoms with van der Waals surface area (Å²) in [6.07, 6.45) is 1.36. The van der Waals surface area contributed by atoms with Crippen LogP contribution in [0.3, 0.4) is 0 Å². The normalized spacial score (nSPS) is 23.7. The zero-order valence-electron chi connectivity index (χ0n) is 12.5. The van der Waals surface area contributed by atoms with Crippen molar-refractivity contribution in [3.8, 4) is 0 Å². The van der Waals surface area contributed by atoms with Gasteiger partial charge in [0.15, 0.2) is 0 Å². The van der Waals surface area contributed by atoms with Crippen molar-refractivity contribution in [2.24, 2.45) is 5.41 Å². The Morgan fingerprint density at radius 1 is 1.33 bits per heavy atom. The van der Waals surface area contributed by atoms with Crippen LogP contribution in [0.5, 0.6) is 0 Å². The molecule has 3 rings (SSSR count). The van der Waals surface area contributed by atoms with E-state index in [9.17, 15) is 0 Å². The van der Waals surface area contributed by atoms with Crippen LogP contribution in [0, 0.1) is 5.41 Å². The van der Waals surface area contributed by atoms with Gasteiger partial charge in [-0.1, -0.05) is 48.7 Å². The molecular formula is C16H21N3OS. The van der Waals surface area contributed by atoms with Crippen LogP contribution in [-0.2, 0) is 17.9 Å². The van der Waals surface area contributed by atoms with E-state index in [0.717, 1.165) is 18.7 Å². The third kappa shape index (κ3) is 3.31. The Labute approximate surface area is 129 Å². The maximum Gasteiger partial charge on any atom is 0.0893 e. The number of nitrogens with zero attached hydrogens (tertiary/aromatic N) is 2. The fourth-order valence-electron chi connectivity index (χ4n) is 2.77. The Morgan fingerprint density at radius 3 is 2.81 bits per heavy atom. The van der Waals surface area contributed by atoms with Gasteiger partial charge in [0, 0.05) is 23.4 Å². The second-order valence-electron chi connectivity index (χ2n) is 6.17. The second kappa shape index (κ2) is 6.22. The van der Waals surface area contributed by atoms with Gasteiger partial charge in [0.05, 0.1) is 18.4 Å². The number of ether oxygens (including phenoxy) is 1. The summed E-state index contributed by atoms with van der Waals surface area (Å²) in [5, 5.41) is 9.62.